The first-order valence-corrected chi connectivity index (χ1v) is 7.99. The maximum atomic E-state index is 12.2. The molecule has 1 aliphatic rings. The van der Waals surface area contributed by atoms with E-state index in [1.165, 1.54) is 6.20 Å². The van der Waals surface area contributed by atoms with E-state index in [1.807, 2.05) is 24.3 Å². The van der Waals surface area contributed by atoms with E-state index >= 15 is 0 Å². The Balaban J connectivity index is 2.34. The molecule has 0 bridgehead atoms. The number of hydrogen-bond acceptors (Lipinski definition) is 5. The van der Waals surface area contributed by atoms with Crippen LogP contribution in [0.2, 0.25) is 0 Å². The smallest absolute Gasteiger partial charge is 0.367 e. The van der Waals surface area contributed by atoms with Crippen LogP contribution in [0.15, 0.2) is 40.5 Å². The summed E-state index contributed by atoms with van der Waals surface area (Å²) >= 11 is 0. The van der Waals surface area contributed by atoms with E-state index in [1.54, 1.807) is 13.3 Å². The van der Waals surface area contributed by atoms with Crippen molar-refractivity contribution >= 4 is 29.9 Å². The molecule has 0 spiro atoms. The first-order chi connectivity index (χ1) is 8.47. The third-order valence-corrected chi connectivity index (χ3v) is 3.91. The van der Waals surface area contributed by atoms with E-state index in [0.29, 0.717) is 5.84 Å². The van der Waals surface area contributed by atoms with Crippen molar-refractivity contribution in [2.75, 3.05) is 18.6 Å². The van der Waals surface area contributed by atoms with Crippen LogP contribution in [0.25, 0.3) is 0 Å². The second-order valence-corrected chi connectivity index (χ2v) is 7.40. The second kappa shape index (κ2) is 4.73. The molecule has 18 heavy (non-hydrogen) atoms. The Labute approximate surface area is 106 Å². The molecule has 5 nitrogen and oxygen atoms in total. The summed E-state index contributed by atoms with van der Waals surface area (Å²) in [5, 5.41) is 3.83. The van der Waals surface area contributed by atoms with Crippen LogP contribution in [0.1, 0.15) is 0 Å². The van der Waals surface area contributed by atoms with Gasteiger partial charge in [-0.15, -0.1) is 4.99 Å². The van der Waals surface area contributed by atoms with E-state index in [-0.39, 0.29) is 5.96 Å². The first kappa shape index (κ1) is 12.5. The number of aliphatic imine (C=N–C) groups is 2. The highest BCUT2D eigenvalue weighted by molar-refractivity contribution is 7.70. The molecule has 0 unspecified atom stereocenters. The fourth-order valence-corrected chi connectivity index (χ4v) is 2.73. The number of nitrogens with zero attached hydrogens (tertiary/aromatic N) is 2. The molecule has 1 aromatic rings. The van der Waals surface area contributed by atoms with Crippen molar-refractivity contribution in [2.24, 2.45) is 15.7 Å². The number of rotatable bonds is 2. The van der Waals surface area contributed by atoms with Gasteiger partial charge in [0.15, 0.2) is 0 Å². The minimum Gasteiger partial charge on any atom is -0.367 e. The van der Waals surface area contributed by atoms with E-state index in [4.69, 9.17) is 5.73 Å². The maximum Gasteiger partial charge on any atom is 0.391 e. The lowest BCUT2D eigenvalue weighted by Crippen LogP contribution is -2.22. The number of guanidine groups is 1. The lowest BCUT2D eigenvalue weighted by molar-refractivity contribution is 0.588. The summed E-state index contributed by atoms with van der Waals surface area (Å²) < 4.78 is 12.2. The highest BCUT2D eigenvalue weighted by Gasteiger charge is 2.20. The average molecular weight is 261 g/mol. The molecule has 1 heterocycles. The summed E-state index contributed by atoms with van der Waals surface area (Å²) in [6.45, 7) is 3.46. The number of para-hydroxylation sites is 1. The number of amidine groups is 1. The van der Waals surface area contributed by atoms with Crippen LogP contribution in [0.5, 0.6) is 0 Å². The third-order valence-electron chi connectivity index (χ3n) is 2.36. The molecule has 92 valence electrons. The van der Waals surface area contributed by atoms with Crippen LogP contribution in [-0.2, 0) is 4.57 Å². The fraction of sp³-hybridized carbons (Fsp3) is 0.167. The molecule has 0 saturated carbocycles. The average Bonchev–Trinajstić information content (AvgIpc) is 2.28. The number of anilines is 1. The van der Waals surface area contributed by atoms with Crippen molar-refractivity contribution in [3.8, 4) is 0 Å². The molecular weight excluding hydrogens is 247 g/mol. The van der Waals surface area contributed by atoms with E-state index in [9.17, 15) is 4.57 Å². The van der Waals surface area contributed by atoms with Gasteiger partial charge in [-0.1, -0.05) is 12.1 Å². The lowest BCUT2D eigenvalue weighted by atomic mass is 10.3. The van der Waals surface area contributed by atoms with Crippen molar-refractivity contribution in [2.45, 2.75) is 0 Å². The Kier molecular flexibility index (Phi) is 3.28. The number of benzene rings is 1. The van der Waals surface area contributed by atoms with Crippen molar-refractivity contribution in [1.82, 2.24) is 0 Å². The summed E-state index contributed by atoms with van der Waals surface area (Å²) in [4.78, 5) is 7.77. The summed E-state index contributed by atoms with van der Waals surface area (Å²) in [7, 11) is -2.36. The van der Waals surface area contributed by atoms with Crippen LogP contribution in [0.4, 0.5) is 5.69 Å². The molecule has 1 aromatic carbocycles. The Bertz CT molecular complexity index is 598. The Hall–Kier alpha value is -1.96. The molecule has 0 saturated heterocycles. The molecule has 6 heteroatoms. The van der Waals surface area contributed by atoms with Gasteiger partial charge in [-0.2, -0.15) is 4.99 Å². The first-order valence-electron chi connectivity index (χ1n) is 5.38. The van der Waals surface area contributed by atoms with Gasteiger partial charge >= 0.3 is 11.9 Å². The third kappa shape index (κ3) is 2.83. The number of hydrogen-bond donors (Lipinski definition) is 2. The highest BCUT2D eigenvalue weighted by Crippen LogP contribution is 2.37. The standard InChI is InChI=1S/C12H14N4OP/c1-18(2,17)10-6-4-3-5-9(10)15-11-7-8-14-12(13)16-11/h3-6,8H,1-2H3,(H3,13,14,15,16)/q+1. The van der Waals surface area contributed by atoms with Crippen LogP contribution in [0.3, 0.4) is 0 Å². The summed E-state index contributed by atoms with van der Waals surface area (Å²) in [6, 6.07) is 7.42. The Morgan fingerprint density at radius 1 is 1.33 bits per heavy atom. The largest absolute Gasteiger partial charge is 0.391 e. The van der Waals surface area contributed by atoms with Gasteiger partial charge in [0.05, 0.1) is 5.69 Å². The van der Waals surface area contributed by atoms with Crippen LogP contribution in [-0.4, -0.2) is 25.1 Å². The van der Waals surface area contributed by atoms with Crippen LogP contribution >= 0.6 is 7.14 Å². The predicted molar refractivity (Wildman–Crippen MR) is 76.0 cm³/mol. The topological polar surface area (TPSA) is 79.8 Å². The summed E-state index contributed by atoms with van der Waals surface area (Å²) in [5.74, 6) is 0.633. The van der Waals surface area contributed by atoms with Gasteiger partial charge in [-0.25, -0.2) is 0 Å². The molecule has 3 N–H and O–H groups in total. The van der Waals surface area contributed by atoms with E-state index in [0.717, 1.165) is 11.0 Å². The fourth-order valence-electron chi connectivity index (χ4n) is 1.58. The summed E-state index contributed by atoms with van der Waals surface area (Å²) in [6.07, 6.45) is 4.28. The van der Waals surface area contributed by atoms with Crippen LogP contribution < -0.4 is 16.4 Å². The zero-order chi connectivity index (χ0) is 13.2. The minimum atomic E-state index is -2.36. The molecule has 0 aromatic heterocycles. The van der Waals surface area contributed by atoms with E-state index < -0.39 is 7.14 Å². The lowest BCUT2D eigenvalue weighted by Gasteiger charge is -2.12. The molecule has 0 radical (unpaired) electrons. The molecule has 0 aliphatic carbocycles. The van der Waals surface area contributed by atoms with Crippen LogP contribution in [0, 0.1) is 6.08 Å². The van der Waals surface area contributed by atoms with Crippen molar-refractivity contribution in [1.29, 1.82) is 0 Å². The van der Waals surface area contributed by atoms with Gasteiger partial charge < -0.3 is 10.3 Å². The predicted octanol–water partition coefficient (Wildman–Crippen LogP) is 1.39. The molecule has 2 rings (SSSR count). The zero-order valence-corrected chi connectivity index (χ0v) is 11.1. The second-order valence-electron chi connectivity index (χ2n) is 4.21. The number of nitrogens with two attached hydrogens (primary N) is 1. The van der Waals surface area contributed by atoms with Gasteiger partial charge in [0, 0.05) is 5.30 Å². The van der Waals surface area contributed by atoms with Gasteiger partial charge in [0.25, 0.3) is 6.20 Å². The molecule has 1 aliphatic heterocycles. The Morgan fingerprint density at radius 2 is 2.06 bits per heavy atom. The van der Waals surface area contributed by atoms with Gasteiger partial charge in [-0.05, 0) is 25.5 Å². The molecule has 0 fully saturated rings. The number of nitrogens with one attached hydrogen (secondary N) is 1. The Morgan fingerprint density at radius 3 is 2.72 bits per heavy atom. The van der Waals surface area contributed by atoms with E-state index in [2.05, 4.69) is 21.4 Å². The summed E-state index contributed by atoms with van der Waals surface area (Å²) in [5.41, 5.74) is 6.25. The normalized spacial score (nSPS) is 14.6. The minimum absolute atomic E-state index is 0.171. The molecule has 0 atom stereocenters. The monoisotopic (exact) mass is 261 g/mol. The van der Waals surface area contributed by atoms with Gasteiger partial charge in [-0.3, -0.25) is 5.32 Å². The van der Waals surface area contributed by atoms with Crippen molar-refractivity contribution < 1.29 is 4.57 Å². The zero-order valence-electron chi connectivity index (χ0n) is 10.2. The molecular formula is C12H14N4OP+. The van der Waals surface area contributed by atoms with Crippen molar-refractivity contribution in [3.63, 3.8) is 0 Å². The SMILES string of the molecule is CP(C)(=O)c1ccccc1NC1=NC(N)=NC=[C+]1. The quantitative estimate of drug-likeness (QED) is 0.623. The molecule has 0 amide bonds. The van der Waals surface area contributed by atoms with Gasteiger partial charge in [0.1, 0.15) is 7.14 Å². The maximum absolute atomic E-state index is 12.2. The highest BCUT2D eigenvalue weighted by atomic mass is 31.2. The van der Waals surface area contributed by atoms with Crippen molar-refractivity contribution in [3.05, 3.63) is 36.5 Å². The van der Waals surface area contributed by atoms with Gasteiger partial charge in [0.2, 0.25) is 5.96 Å².